The van der Waals surface area contributed by atoms with E-state index < -0.39 is 0 Å². The summed E-state index contributed by atoms with van der Waals surface area (Å²) in [7, 11) is 0. The van der Waals surface area contributed by atoms with Crippen LogP contribution in [-0.4, -0.2) is 12.5 Å². The fourth-order valence-corrected chi connectivity index (χ4v) is 2.77. The Hall–Kier alpha value is -1.40. The summed E-state index contributed by atoms with van der Waals surface area (Å²) < 4.78 is 14.1. The van der Waals surface area contributed by atoms with E-state index in [1.54, 1.807) is 17.4 Å². The molecule has 3 nitrogen and oxygen atoms in total. The van der Waals surface area contributed by atoms with Crippen molar-refractivity contribution in [3.63, 3.8) is 0 Å². The van der Waals surface area contributed by atoms with Crippen LogP contribution in [0.2, 0.25) is 0 Å². The van der Waals surface area contributed by atoms with Crippen LogP contribution in [0.15, 0.2) is 45.2 Å². The van der Waals surface area contributed by atoms with Crippen LogP contribution in [0, 0.1) is 5.82 Å². The van der Waals surface area contributed by atoms with E-state index in [2.05, 4.69) is 37.6 Å². The fraction of sp³-hybridized carbons (Fsp3) is 0.267. The minimum Gasteiger partial charge on any atom is -0.357 e. The van der Waals surface area contributed by atoms with Gasteiger partial charge in [-0.1, -0.05) is 22.0 Å². The van der Waals surface area contributed by atoms with Crippen LogP contribution in [0.25, 0.3) is 0 Å². The number of halogens is 2. The van der Waals surface area contributed by atoms with Gasteiger partial charge in [0.2, 0.25) is 0 Å². The molecule has 0 aliphatic rings. The molecule has 0 saturated heterocycles. The SMILES string of the molecule is CCNC(=NCc1cc(F)ccc1Br)NCc1cccs1. The number of nitrogens with one attached hydrogen (secondary N) is 2. The number of hydrogen-bond acceptors (Lipinski definition) is 2. The molecule has 1 aromatic heterocycles. The molecule has 21 heavy (non-hydrogen) atoms. The molecule has 2 rings (SSSR count). The first kappa shape index (κ1) is 16.0. The van der Waals surface area contributed by atoms with Gasteiger partial charge in [0.25, 0.3) is 0 Å². The minimum atomic E-state index is -0.250. The standard InChI is InChI=1S/C15H17BrFN3S/c1-2-18-15(20-10-13-4-3-7-21-13)19-9-11-8-12(17)5-6-14(11)16/h3-8H,2,9-10H2,1H3,(H2,18,19,20). The van der Waals surface area contributed by atoms with Crippen molar-refractivity contribution in [2.24, 2.45) is 4.99 Å². The third kappa shape index (κ3) is 5.13. The normalized spacial score (nSPS) is 11.5. The lowest BCUT2D eigenvalue weighted by molar-refractivity contribution is 0.625. The van der Waals surface area contributed by atoms with Gasteiger partial charge >= 0.3 is 0 Å². The molecular weight excluding hydrogens is 353 g/mol. The van der Waals surface area contributed by atoms with Crippen molar-refractivity contribution >= 4 is 33.2 Å². The Kier molecular flexibility index (Phi) is 6.20. The lowest BCUT2D eigenvalue weighted by Crippen LogP contribution is -2.36. The maximum Gasteiger partial charge on any atom is 0.191 e. The first-order valence-electron chi connectivity index (χ1n) is 6.67. The lowest BCUT2D eigenvalue weighted by atomic mass is 10.2. The molecule has 112 valence electrons. The van der Waals surface area contributed by atoms with Crippen LogP contribution in [-0.2, 0) is 13.1 Å². The molecule has 0 unspecified atom stereocenters. The summed E-state index contributed by atoms with van der Waals surface area (Å²) in [6.45, 7) is 3.94. The van der Waals surface area contributed by atoms with Crippen LogP contribution >= 0.6 is 27.3 Å². The molecule has 1 aromatic carbocycles. The highest BCUT2D eigenvalue weighted by atomic mass is 79.9. The Labute approximate surface area is 136 Å². The zero-order valence-corrected chi connectivity index (χ0v) is 14.1. The Balaban J connectivity index is 2.01. The number of nitrogens with zero attached hydrogens (tertiary/aromatic N) is 1. The smallest absolute Gasteiger partial charge is 0.191 e. The van der Waals surface area contributed by atoms with E-state index in [4.69, 9.17) is 0 Å². The summed E-state index contributed by atoms with van der Waals surface area (Å²) in [6.07, 6.45) is 0. The molecule has 0 radical (unpaired) electrons. The number of benzene rings is 1. The zero-order valence-electron chi connectivity index (χ0n) is 11.7. The van der Waals surface area contributed by atoms with Gasteiger partial charge in [0.15, 0.2) is 5.96 Å². The number of rotatable bonds is 5. The first-order valence-corrected chi connectivity index (χ1v) is 8.34. The van der Waals surface area contributed by atoms with Crippen molar-refractivity contribution in [2.45, 2.75) is 20.0 Å². The van der Waals surface area contributed by atoms with Gasteiger partial charge in [-0.15, -0.1) is 11.3 Å². The van der Waals surface area contributed by atoms with E-state index >= 15 is 0 Å². The van der Waals surface area contributed by atoms with Crippen molar-refractivity contribution in [3.05, 3.63) is 56.4 Å². The minimum absolute atomic E-state index is 0.250. The topological polar surface area (TPSA) is 36.4 Å². The average molecular weight is 370 g/mol. The largest absolute Gasteiger partial charge is 0.357 e. The maximum atomic E-state index is 13.3. The first-order chi connectivity index (χ1) is 10.2. The second-order valence-corrected chi connectivity index (χ2v) is 6.25. The highest BCUT2D eigenvalue weighted by Crippen LogP contribution is 2.18. The highest BCUT2D eigenvalue weighted by Gasteiger charge is 2.03. The van der Waals surface area contributed by atoms with Crippen LogP contribution in [0.1, 0.15) is 17.4 Å². The Morgan fingerprint density at radius 3 is 2.90 bits per heavy atom. The van der Waals surface area contributed by atoms with Gasteiger partial charge in [0.05, 0.1) is 13.1 Å². The summed E-state index contributed by atoms with van der Waals surface area (Å²) >= 11 is 5.11. The third-order valence-electron chi connectivity index (χ3n) is 2.77. The molecule has 0 atom stereocenters. The summed E-state index contributed by atoms with van der Waals surface area (Å²) in [5.74, 6) is 0.474. The number of guanidine groups is 1. The van der Waals surface area contributed by atoms with E-state index in [1.165, 1.54) is 17.0 Å². The molecule has 0 aliphatic carbocycles. The van der Waals surface area contributed by atoms with Crippen molar-refractivity contribution in [3.8, 4) is 0 Å². The molecule has 0 amide bonds. The maximum absolute atomic E-state index is 13.3. The molecule has 6 heteroatoms. The summed E-state index contributed by atoms with van der Waals surface area (Å²) in [5, 5.41) is 8.50. The van der Waals surface area contributed by atoms with Gasteiger partial charge in [-0.25, -0.2) is 9.38 Å². The van der Waals surface area contributed by atoms with Crippen molar-refractivity contribution in [1.82, 2.24) is 10.6 Å². The summed E-state index contributed by atoms with van der Waals surface area (Å²) in [4.78, 5) is 5.73. The Morgan fingerprint density at radius 2 is 2.19 bits per heavy atom. The molecule has 1 heterocycles. The fourth-order valence-electron chi connectivity index (χ4n) is 1.75. The number of hydrogen-bond donors (Lipinski definition) is 2. The number of aliphatic imine (C=N–C) groups is 1. The van der Waals surface area contributed by atoms with E-state index in [1.807, 2.05) is 18.4 Å². The van der Waals surface area contributed by atoms with E-state index in [0.29, 0.717) is 6.54 Å². The zero-order chi connectivity index (χ0) is 15.1. The van der Waals surface area contributed by atoms with Crippen LogP contribution in [0.3, 0.4) is 0 Å². The van der Waals surface area contributed by atoms with E-state index in [9.17, 15) is 4.39 Å². The van der Waals surface area contributed by atoms with Gasteiger partial charge in [0.1, 0.15) is 5.82 Å². The molecule has 0 saturated carbocycles. The quantitative estimate of drug-likeness (QED) is 0.619. The summed E-state index contributed by atoms with van der Waals surface area (Å²) in [5.41, 5.74) is 0.823. The Bertz CT molecular complexity index is 599. The number of thiophene rings is 1. The molecular formula is C15H17BrFN3S. The van der Waals surface area contributed by atoms with Gasteiger partial charge < -0.3 is 10.6 Å². The molecule has 2 N–H and O–H groups in total. The predicted molar refractivity (Wildman–Crippen MR) is 90.1 cm³/mol. The van der Waals surface area contributed by atoms with Crippen molar-refractivity contribution in [1.29, 1.82) is 0 Å². The van der Waals surface area contributed by atoms with E-state index in [0.717, 1.165) is 29.1 Å². The second-order valence-electron chi connectivity index (χ2n) is 4.36. The molecule has 2 aromatic rings. The van der Waals surface area contributed by atoms with Gasteiger partial charge in [0, 0.05) is 15.9 Å². The highest BCUT2D eigenvalue weighted by molar-refractivity contribution is 9.10. The monoisotopic (exact) mass is 369 g/mol. The van der Waals surface area contributed by atoms with Gasteiger partial charge in [-0.3, -0.25) is 0 Å². The van der Waals surface area contributed by atoms with Crippen LogP contribution in [0.5, 0.6) is 0 Å². The molecule has 0 aliphatic heterocycles. The van der Waals surface area contributed by atoms with Crippen LogP contribution in [0.4, 0.5) is 4.39 Å². The van der Waals surface area contributed by atoms with Gasteiger partial charge in [-0.05, 0) is 42.1 Å². The third-order valence-corrected chi connectivity index (χ3v) is 4.42. The predicted octanol–water partition coefficient (Wildman–Crippen LogP) is 3.91. The van der Waals surface area contributed by atoms with E-state index in [-0.39, 0.29) is 5.82 Å². The van der Waals surface area contributed by atoms with Crippen LogP contribution < -0.4 is 10.6 Å². The van der Waals surface area contributed by atoms with Gasteiger partial charge in [-0.2, -0.15) is 0 Å². The van der Waals surface area contributed by atoms with Crippen molar-refractivity contribution < 1.29 is 4.39 Å². The molecule has 0 spiro atoms. The second kappa shape index (κ2) is 8.14. The average Bonchev–Trinajstić information content (AvgIpc) is 2.98. The lowest BCUT2D eigenvalue weighted by Gasteiger charge is -2.11. The van der Waals surface area contributed by atoms with Crippen molar-refractivity contribution in [2.75, 3.05) is 6.54 Å². The molecule has 0 bridgehead atoms. The summed E-state index contributed by atoms with van der Waals surface area (Å²) in [6, 6.07) is 8.72. The molecule has 0 fully saturated rings. The Morgan fingerprint density at radius 1 is 1.33 bits per heavy atom.